The Balaban J connectivity index is 2.94. The van der Waals surface area contributed by atoms with Crippen LogP contribution in [0.1, 0.15) is 19.4 Å². The van der Waals surface area contributed by atoms with Crippen LogP contribution in [0.5, 0.6) is 0 Å². The van der Waals surface area contributed by atoms with Crippen LogP contribution in [-0.2, 0) is 0 Å². The third-order valence-electron chi connectivity index (χ3n) is 2.53. The van der Waals surface area contributed by atoms with E-state index < -0.39 is 0 Å². The van der Waals surface area contributed by atoms with Gasteiger partial charge in [-0.3, -0.25) is 0 Å². The molecule has 0 aliphatic rings. The minimum absolute atomic E-state index is 0.00984. The van der Waals surface area contributed by atoms with Crippen molar-refractivity contribution in [3.8, 4) is 12.1 Å². The highest BCUT2D eigenvalue weighted by Crippen LogP contribution is 2.24. The molecule has 0 aliphatic heterocycles. The van der Waals surface area contributed by atoms with Gasteiger partial charge in [0.2, 0.25) is 0 Å². The molecule has 0 N–H and O–H groups in total. The van der Waals surface area contributed by atoms with Crippen molar-refractivity contribution < 1.29 is 0 Å². The van der Waals surface area contributed by atoms with E-state index in [1.807, 2.05) is 19.1 Å². The largest absolute Gasteiger partial charge is 0.370 e. The van der Waals surface area contributed by atoms with Crippen molar-refractivity contribution in [3.63, 3.8) is 0 Å². The van der Waals surface area contributed by atoms with Gasteiger partial charge in [0.25, 0.3) is 0 Å². The van der Waals surface area contributed by atoms with Crippen LogP contribution in [0, 0.1) is 28.6 Å². The summed E-state index contributed by atoms with van der Waals surface area (Å²) in [5.74, 6) is -0.00984. The van der Waals surface area contributed by atoms with Crippen LogP contribution < -0.4 is 4.90 Å². The first-order valence-electron chi connectivity index (χ1n) is 5.46. The van der Waals surface area contributed by atoms with Crippen molar-refractivity contribution in [2.45, 2.75) is 13.8 Å². The van der Waals surface area contributed by atoms with Gasteiger partial charge in [-0.1, -0.05) is 0 Å². The maximum Gasteiger partial charge on any atom is 0.100 e. The Kier molecular flexibility index (Phi) is 5.00. The van der Waals surface area contributed by atoms with Crippen LogP contribution in [0.4, 0.5) is 5.69 Å². The fraction of sp³-hybridized carbons (Fsp3) is 0.385. The van der Waals surface area contributed by atoms with Crippen molar-refractivity contribution in [2.24, 2.45) is 5.92 Å². The van der Waals surface area contributed by atoms with Gasteiger partial charge in [-0.2, -0.15) is 10.5 Å². The van der Waals surface area contributed by atoms with Gasteiger partial charge in [0.05, 0.1) is 17.6 Å². The van der Waals surface area contributed by atoms with E-state index in [4.69, 9.17) is 10.5 Å². The molecule has 0 aliphatic carbocycles. The second kappa shape index (κ2) is 6.27. The number of rotatable bonds is 4. The Morgan fingerprint density at radius 1 is 1.41 bits per heavy atom. The fourth-order valence-corrected chi connectivity index (χ4v) is 2.04. The first-order chi connectivity index (χ1) is 8.12. The van der Waals surface area contributed by atoms with Gasteiger partial charge >= 0.3 is 0 Å². The molecule has 1 aromatic rings. The summed E-state index contributed by atoms with van der Waals surface area (Å²) in [5.41, 5.74) is 1.65. The Morgan fingerprint density at radius 2 is 2.12 bits per heavy atom. The number of hydrogen-bond donors (Lipinski definition) is 0. The number of anilines is 1. The van der Waals surface area contributed by atoms with Crippen LogP contribution in [0.25, 0.3) is 0 Å². The van der Waals surface area contributed by atoms with Crippen LogP contribution in [0.3, 0.4) is 0 Å². The summed E-state index contributed by atoms with van der Waals surface area (Å²) < 4.78 is 0.792. The molecule has 0 spiro atoms. The Bertz CT molecular complexity index is 471. The van der Waals surface area contributed by atoms with Gasteiger partial charge < -0.3 is 4.90 Å². The lowest BCUT2D eigenvalue weighted by molar-refractivity contribution is 0.686. The molecule has 0 saturated carbocycles. The average Bonchev–Trinajstić information content (AvgIpc) is 2.35. The maximum absolute atomic E-state index is 8.85. The molecule has 1 aromatic carbocycles. The van der Waals surface area contributed by atoms with Gasteiger partial charge in [0.1, 0.15) is 6.07 Å². The van der Waals surface area contributed by atoms with E-state index in [0.29, 0.717) is 12.1 Å². The highest BCUT2D eigenvalue weighted by atomic mass is 79.9. The predicted octanol–water partition coefficient (Wildman–Crippen LogP) is 3.31. The second-order valence-corrected chi connectivity index (χ2v) is 4.70. The van der Waals surface area contributed by atoms with Gasteiger partial charge in [0, 0.05) is 23.2 Å². The van der Waals surface area contributed by atoms with Gasteiger partial charge in [-0.15, -0.1) is 0 Å². The molecule has 0 saturated heterocycles. The molecule has 4 heteroatoms. The van der Waals surface area contributed by atoms with Crippen LogP contribution in [0.2, 0.25) is 0 Å². The van der Waals surface area contributed by atoms with Crippen molar-refractivity contribution >= 4 is 21.6 Å². The van der Waals surface area contributed by atoms with Crippen LogP contribution in [0.15, 0.2) is 22.7 Å². The van der Waals surface area contributed by atoms with E-state index >= 15 is 0 Å². The Morgan fingerprint density at radius 3 is 2.59 bits per heavy atom. The monoisotopic (exact) mass is 291 g/mol. The highest BCUT2D eigenvalue weighted by Gasteiger charge is 2.10. The molecule has 1 unspecified atom stereocenters. The molecule has 0 fully saturated rings. The maximum atomic E-state index is 8.85. The smallest absolute Gasteiger partial charge is 0.100 e. The zero-order chi connectivity index (χ0) is 12.8. The van der Waals surface area contributed by atoms with Crippen molar-refractivity contribution in [1.82, 2.24) is 0 Å². The first kappa shape index (κ1) is 13.5. The molecule has 3 nitrogen and oxygen atoms in total. The van der Waals surface area contributed by atoms with E-state index in [1.165, 1.54) is 0 Å². The number of benzene rings is 1. The van der Waals surface area contributed by atoms with E-state index in [-0.39, 0.29) is 5.92 Å². The predicted molar refractivity (Wildman–Crippen MR) is 71.5 cm³/mol. The molecule has 0 bridgehead atoms. The Hall–Kier alpha value is -1.52. The summed E-state index contributed by atoms with van der Waals surface area (Å²) in [6.45, 7) is 5.49. The lowest BCUT2D eigenvalue weighted by Crippen LogP contribution is -2.27. The zero-order valence-electron chi connectivity index (χ0n) is 9.94. The van der Waals surface area contributed by atoms with Crippen LogP contribution in [-0.4, -0.2) is 13.1 Å². The summed E-state index contributed by atoms with van der Waals surface area (Å²) in [7, 11) is 0. The van der Waals surface area contributed by atoms with Crippen molar-refractivity contribution in [3.05, 3.63) is 28.2 Å². The van der Waals surface area contributed by atoms with Crippen molar-refractivity contribution in [2.75, 3.05) is 18.0 Å². The average molecular weight is 292 g/mol. The summed E-state index contributed by atoms with van der Waals surface area (Å²) in [4.78, 5) is 2.12. The summed E-state index contributed by atoms with van der Waals surface area (Å²) in [6, 6.07) is 9.97. The molecule has 0 amide bonds. The van der Waals surface area contributed by atoms with Crippen molar-refractivity contribution in [1.29, 1.82) is 10.5 Å². The SMILES string of the molecule is CCN(CC(C)C#N)c1ccc(C#N)c(Br)c1. The Labute approximate surface area is 110 Å². The quantitative estimate of drug-likeness (QED) is 0.855. The van der Waals surface area contributed by atoms with E-state index in [0.717, 1.165) is 16.7 Å². The van der Waals surface area contributed by atoms with E-state index in [9.17, 15) is 0 Å². The fourth-order valence-electron chi connectivity index (χ4n) is 1.58. The normalized spacial score (nSPS) is 11.4. The minimum atomic E-state index is -0.00984. The molecular weight excluding hydrogens is 278 g/mol. The molecule has 0 radical (unpaired) electrons. The van der Waals surface area contributed by atoms with Crippen LogP contribution >= 0.6 is 15.9 Å². The van der Waals surface area contributed by atoms with E-state index in [2.05, 4.69) is 39.9 Å². The lowest BCUT2D eigenvalue weighted by atomic mass is 10.1. The molecule has 1 rings (SSSR count). The summed E-state index contributed by atoms with van der Waals surface area (Å²) >= 11 is 3.37. The van der Waals surface area contributed by atoms with E-state index in [1.54, 1.807) is 6.07 Å². The third-order valence-corrected chi connectivity index (χ3v) is 3.19. The molecule has 0 heterocycles. The first-order valence-corrected chi connectivity index (χ1v) is 6.25. The summed E-state index contributed by atoms with van der Waals surface area (Å²) in [6.07, 6.45) is 0. The second-order valence-electron chi connectivity index (χ2n) is 3.84. The van der Waals surface area contributed by atoms with Gasteiger partial charge in [0.15, 0.2) is 0 Å². The minimum Gasteiger partial charge on any atom is -0.370 e. The van der Waals surface area contributed by atoms with Gasteiger partial charge in [-0.05, 0) is 48.0 Å². The molecular formula is C13H14BrN3. The number of halogens is 1. The summed E-state index contributed by atoms with van der Waals surface area (Å²) in [5, 5.41) is 17.7. The third kappa shape index (κ3) is 3.47. The molecule has 17 heavy (non-hydrogen) atoms. The topological polar surface area (TPSA) is 50.8 Å². The number of hydrogen-bond acceptors (Lipinski definition) is 3. The molecule has 88 valence electrons. The standard InChI is InChI=1S/C13H14BrN3/c1-3-17(9-10(2)7-15)12-5-4-11(8-16)13(14)6-12/h4-6,10H,3,9H2,1-2H3. The number of nitrogens with zero attached hydrogens (tertiary/aromatic N) is 3. The molecule has 0 aromatic heterocycles. The highest BCUT2D eigenvalue weighted by molar-refractivity contribution is 9.10. The zero-order valence-corrected chi connectivity index (χ0v) is 11.5. The lowest BCUT2D eigenvalue weighted by Gasteiger charge is -2.24. The van der Waals surface area contributed by atoms with Gasteiger partial charge in [-0.25, -0.2) is 0 Å². The number of nitriles is 2. The molecule has 1 atom stereocenters.